The molecule has 1 amide bonds. The minimum atomic E-state index is -0.748. The lowest BCUT2D eigenvalue weighted by atomic mass is 9.98. The molecule has 0 bridgehead atoms. The van der Waals surface area contributed by atoms with Crippen LogP contribution >= 0.6 is 0 Å². The molecule has 4 nitrogen and oxygen atoms in total. The maximum absolute atomic E-state index is 12.6. The summed E-state index contributed by atoms with van der Waals surface area (Å²) in [5.74, 6) is 0.195. The number of nitriles is 1. The number of carbonyl (C=O) groups excluding carboxylic acids is 1. The first-order chi connectivity index (χ1) is 12.6. The Hall–Kier alpha value is -2.64. The van der Waals surface area contributed by atoms with E-state index in [0.29, 0.717) is 13.1 Å². The number of rotatable bonds is 8. The van der Waals surface area contributed by atoms with Gasteiger partial charge in [-0.3, -0.25) is 9.69 Å². The van der Waals surface area contributed by atoms with Crippen LogP contribution in [0.15, 0.2) is 60.7 Å². The summed E-state index contributed by atoms with van der Waals surface area (Å²) in [6.07, 6.45) is 2.03. The van der Waals surface area contributed by atoms with Crippen LogP contribution in [0.5, 0.6) is 0 Å². The Morgan fingerprint density at radius 1 is 1.08 bits per heavy atom. The Bertz CT molecular complexity index is 723. The van der Waals surface area contributed by atoms with E-state index >= 15 is 0 Å². The molecule has 2 aromatic rings. The molecular weight excluding hydrogens is 322 g/mol. The van der Waals surface area contributed by atoms with E-state index in [1.807, 2.05) is 43.3 Å². The van der Waals surface area contributed by atoms with Gasteiger partial charge in [0, 0.05) is 13.1 Å². The summed E-state index contributed by atoms with van der Waals surface area (Å²) in [6, 6.07) is 22.6. The smallest absolute Gasteiger partial charge is 0.235 e. The second-order valence-electron chi connectivity index (χ2n) is 7.25. The molecule has 0 aliphatic heterocycles. The van der Waals surface area contributed by atoms with Gasteiger partial charge in [0.15, 0.2) is 0 Å². The van der Waals surface area contributed by atoms with Crippen LogP contribution in [-0.2, 0) is 17.9 Å². The van der Waals surface area contributed by atoms with Gasteiger partial charge in [-0.25, -0.2) is 0 Å². The van der Waals surface area contributed by atoms with Gasteiger partial charge in [0.2, 0.25) is 5.91 Å². The van der Waals surface area contributed by atoms with Crippen LogP contribution in [0.25, 0.3) is 0 Å². The largest absolute Gasteiger partial charge is 0.337 e. The van der Waals surface area contributed by atoms with E-state index in [9.17, 15) is 10.1 Å². The van der Waals surface area contributed by atoms with Gasteiger partial charge >= 0.3 is 0 Å². The van der Waals surface area contributed by atoms with Crippen LogP contribution in [0.2, 0.25) is 0 Å². The molecule has 0 heterocycles. The van der Waals surface area contributed by atoms with Crippen molar-refractivity contribution in [1.82, 2.24) is 10.2 Å². The molecule has 2 aromatic carbocycles. The third kappa shape index (κ3) is 4.93. The topological polar surface area (TPSA) is 56.1 Å². The highest BCUT2D eigenvalue weighted by molar-refractivity contribution is 5.79. The molecule has 0 saturated heterocycles. The van der Waals surface area contributed by atoms with Crippen LogP contribution in [0, 0.1) is 17.2 Å². The predicted octanol–water partition coefficient (Wildman–Crippen LogP) is 3.50. The Balaban J connectivity index is 1.68. The van der Waals surface area contributed by atoms with Gasteiger partial charge in [0.05, 0.1) is 12.6 Å². The molecule has 3 rings (SSSR count). The summed E-state index contributed by atoms with van der Waals surface area (Å²) >= 11 is 0. The van der Waals surface area contributed by atoms with Gasteiger partial charge in [-0.15, -0.1) is 0 Å². The fraction of sp³-hybridized carbons (Fsp3) is 0.364. The van der Waals surface area contributed by atoms with Crippen molar-refractivity contribution in [1.29, 1.82) is 5.26 Å². The lowest BCUT2D eigenvalue weighted by Crippen LogP contribution is -2.50. The molecule has 4 heteroatoms. The Kier molecular flexibility index (Phi) is 5.70. The van der Waals surface area contributed by atoms with E-state index in [1.165, 1.54) is 11.1 Å². The van der Waals surface area contributed by atoms with Crippen molar-refractivity contribution in [2.45, 2.75) is 38.4 Å². The lowest BCUT2D eigenvalue weighted by Gasteiger charge is -2.27. The lowest BCUT2D eigenvalue weighted by molar-refractivity contribution is -0.123. The molecule has 1 aliphatic rings. The molecular formula is C22H25N3O. The zero-order chi connectivity index (χ0) is 18.4. The van der Waals surface area contributed by atoms with E-state index in [0.717, 1.165) is 12.8 Å². The van der Waals surface area contributed by atoms with Gasteiger partial charge in [-0.2, -0.15) is 5.26 Å². The van der Waals surface area contributed by atoms with E-state index in [4.69, 9.17) is 0 Å². The average Bonchev–Trinajstić information content (AvgIpc) is 3.49. The number of benzene rings is 2. The van der Waals surface area contributed by atoms with Crippen LogP contribution in [0.3, 0.4) is 0 Å². The summed E-state index contributed by atoms with van der Waals surface area (Å²) in [7, 11) is 0. The van der Waals surface area contributed by atoms with Crippen molar-refractivity contribution in [2.75, 3.05) is 6.54 Å². The molecule has 1 fully saturated rings. The Morgan fingerprint density at radius 2 is 1.58 bits per heavy atom. The highest BCUT2D eigenvalue weighted by Gasteiger charge is 2.43. The van der Waals surface area contributed by atoms with E-state index in [-0.39, 0.29) is 18.4 Å². The second-order valence-corrected chi connectivity index (χ2v) is 7.25. The SMILES string of the molecule is CC(C#N)(NC(=O)CN(Cc1ccccc1)Cc1ccccc1)C1CC1. The van der Waals surface area contributed by atoms with Crippen LogP contribution in [0.1, 0.15) is 30.9 Å². The molecule has 1 unspecified atom stereocenters. The van der Waals surface area contributed by atoms with Crippen molar-refractivity contribution in [3.63, 3.8) is 0 Å². The van der Waals surface area contributed by atoms with Crippen LogP contribution in [-0.4, -0.2) is 22.9 Å². The maximum atomic E-state index is 12.6. The number of hydrogen-bond donors (Lipinski definition) is 1. The standard InChI is InChI=1S/C22H25N3O/c1-22(17-23,20-12-13-20)24-21(26)16-25(14-18-8-4-2-5-9-18)15-19-10-6-3-7-11-19/h2-11,20H,12-16H2,1H3,(H,24,26). The molecule has 1 atom stereocenters. The number of nitrogens with zero attached hydrogens (tertiary/aromatic N) is 2. The maximum Gasteiger partial charge on any atom is 0.235 e. The van der Waals surface area contributed by atoms with E-state index in [2.05, 4.69) is 40.6 Å². The van der Waals surface area contributed by atoms with Gasteiger partial charge in [-0.1, -0.05) is 60.7 Å². The molecule has 0 aromatic heterocycles. The molecule has 0 spiro atoms. The first-order valence-corrected chi connectivity index (χ1v) is 9.11. The molecule has 1 saturated carbocycles. The minimum absolute atomic E-state index is 0.0900. The summed E-state index contributed by atoms with van der Waals surface area (Å²) < 4.78 is 0. The van der Waals surface area contributed by atoms with Crippen molar-refractivity contribution >= 4 is 5.91 Å². The van der Waals surface area contributed by atoms with Crippen molar-refractivity contribution < 1.29 is 4.79 Å². The number of amides is 1. The molecule has 134 valence electrons. The fourth-order valence-corrected chi connectivity index (χ4v) is 3.27. The summed E-state index contributed by atoms with van der Waals surface area (Å²) in [5.41, 5.74) is 1.59. The van der Waals surface area contributed by atoms with Crippen molar-refractivity contribution in [3.05, 3.63) is 71.8 Å². The highest BCUT2D eigenvalue weighted by atomic mass is 16.2. The molecule has 1 N–H and O–H groups in total. The molecule has 26 heavy (non-hydrogen) atoms. The number of carbonyl (C=O) groups is 1. The predicted molar refractivity (Wildman–Crippen MR) is 102 cm³/mol. The highest BCUT2D eigenvalue weighted by Crippen LogP contribution is 2.39. The monoisotopic (exact) mass is 347 g/mol. The normalized spacial score (nSPS) is 15.9. The first-order valence-electron chi connectivity index (χ1n) is 9.11. The summed E-state index contributed by atoms with van der Waals surface area (Å²) in [5, 5.41) is 12.4. The minimum Gasteiger partial charge on any atom is -0.337 e. The summed E-state index contributed by atoms with van der Waals surface area (Å²) in [6.45, 7) is 3.49. The Labute approximate surface area is 155 Å². The van der Waals surface area contributed by atoms with Gasteiger partial charge in [0.1, 0.15) is 5.54 Å². The zero-order valence-corrected chi connectivity index (χ0v) is 15.2. The zero-order valence-electron chi connectivity index (χ0n) is 15.2. The van der Waals surface area contributed by atoms with Gasteiger partial charge < -0.3 is 5.32 Å². The third-order valence-electron chi connectivity index (χ3n) is 4.89. The molecule has 0 radical (unpaired) electrons. The van der Waals surface area contributed by atoms with Crippen molar-refractivity contribution in [3.8, 4) is 6.07 Å². The van der Waals surface area contributed by atoms with E-state index < -0.39 is 5.54 Å². The van der Waals surface area contributed by atoms with Crippen LogP contribution < -0.4 is 5.32 Å². The van der Waals surface area contributed by atoms with Gasteiger partial charge in [-0.05, 0) is 36.8 Å². The Morgan fingerprint density at radius 3 is 2.00 bits per heavy atom. The van der Waals surface area contributed by atoms with E-state index in [1.54, 1.807) is 0 Å². The number of nitrogens with one attached hydrogen (secondary N) is 1. The summed E-state index contributed by atoms with van der Waals surface area (Å²) in [4.78, 5) is 14.8. The van der Waals surface area contributed by atoms with Crippen molar-refractivity contribution in [2.24, 2.45) is 5.92 Å². The number of hydrogen-bond acceptors (Lipinski definition) is 3. The van der Waals surface area contributed by atoms with Gasteiger partial charge in [0.25, 0.3) is 0 Å². The quantitative estimate of drug-likeness (QED) is 0.795. The third-order valence-corrected chi connectivity index (χ3v) is 4.89. The first kappa shape index (κ1) is 18.2. The van der Waals surface area contributed by atoms with Crippen LogP contribution in [0.4, 0.5) is 0 Å². The second kappa shape index (κ2) is 8.16. The fourth-order valence-electron chi connectivity index (χ4n) is 3.27. The average molecular weight is 347 g/mol. The molecule has 1 aliphatic carbocycles.